The summed E-state index contributed by atoms with van der Waals surface area (Å²) in [6, 6.07) is 0. The SMILES string of the molecule is C=CCCCCCCO[C@@H]1[C@@H](O)[C@H](O)CO[C@H]1CO. The topological polar surface area (TPSA) is 79.2 Å². The molecule has 1 aliphatic heterocycles. The molecule has 5 heteroatoms. The van der Waals surface area contributed by atoms with Gasteiger partial charge in [0.15, 0.2) is 0 Å². The zero-order chi connectivity index (χ0) is 14.1. The summed E-state index contributed by atoms with van der Waals surface area (Å²) < 4.78 is 10.8. The first kappa shape index (κ1) is 16.6. The normalized spacial score (nSPS) is 31.3. The van der Waals surface area contributed by atoms with Crippen LogP contribution in [0.4, 0.5) is 0 Å². The largest absolute Gasteiger partial charge is 0.394 e. The second-order valence-corrected chi connectivity index (χ2v) is 4.94. The van der Waals surface area contributed by atoms with Gasteiger partial charge in [-0.05, 0) is 19.3 Å². The maximum absolute atomic E-state index is 9.83. The van der Waals surface area contributed by atoms with Crippen LogP contribution in [0.25, 0.3) is 0 Å². The van der Waals surface area contributed by atoms with Crippen molar-refractivity contribution in [2.45, 2.75) is 56.5 Å². The third kappa shape index (κ3) is 5.58. The quantitative estimate of drug-likeness (QED) is 0.424. The molecule has 3 N–H and O–H groups in total. The fourth-order valence-electron chi connectivity index (χ4n) is 2.18. The van der Waals surface area contributed by atoms with E-state index < -0.39 is 24.4 Å². The van der Waals surface area contributed by atoms with Crippen molar-refractivity contribution in [3.05, 3.63) is 12.7 Å². The van der Waals surface area contributed by atoms with Crippen LogP contribution in [0.1, 0.15) is 32.1 Å². The van der Waals surface area contributed by atoms with Crippen molar-refractivity contribution >= 4 is 0 Å². The fraction of sp³-hybridized carbons (Fsp3) is 0.857. The van der Waals surface area contributed by atoms with Gasteiger partial charge in [0, 0.05) is 6.61 Å². The second kappa shape index (κ2) is 9.44. The first-order valence-electron chi connectivity index (χ1n) is 7.01. The van der Waals surface area contributed by atoms with Crippen LogP contribution >= 0.6 is 0 Å². The number of hydrogen-bond acceptors (Lipinski definition) is 5. The van der Waals surface area contributed by atoms with Gasteiger partial charge in [-0.1, -0.05) is 18.9 Å². The molecule has 1 rings (SSSR count). The molecule has 0 aromatic heterocycles. The number of allylic oxidation sites excluding steroid dienone is 1. The van der Waals surface area contributed by atoms with Gasteiger partial charge in [0.1, 0.15) is 24.4 Å². The molecular weight excluding hydrogens is 248 g/mol. The van der Waals surface area contributed by atoms with Gasteiger partial charge in [0.2, 0.25) is 0 Å². The molecular formula is C14H26O5. The summed E-state index contributed by atoms with van der Waals surface area (Å²) in [7, 11) is 0. The Balaban J connectivity index is 2.19. The van der Waals surface area contributed by atoms with Gasteiger partial charge in [0.25, 0.3) is 0 Å². The van der Waals surface area contributed by atoms with Crippen molar-refractivity contribution in [1.82, 2.24) is 0 Å². The van der Waals surface area contributed by atoms with E-state index in [4.69, 9.17) is 14.6 Å². The standard InChI is InChI=1S/C14H26O5/c1-2-3-4-5-6-7-8-18-14-12(9-15)19-10-11(16)13(14)17/h2,11-17H,1,3-10H2/t11-,12+,13+,14+/m1/s1. The smallest absolute Gasteiger partial charge is 0.114 e. The van der Waals surface area contributed by atoms with E-state index in [1.165, 1.54) is 0 Å². The minimum Gasteiger partial charge on any atom is -0.394 e. The predicted octanol–water partition coefficient (Wildman–Crippen LogP) is 0.621. The van der Waals surface area contributed by atoms with Gasteiger partial charge in [-0.25, -0.2) is 0 Å². The van der Waals surface area contributed by atoms with E-state index in [9.17, 15) is 10.2 Å². The molecule has 0 radical (unpaired) electrons. The second-order valence-electron chi connectivity index (χ2n) is 4.94. The Morgan fingerprint density at radius 3 is 2.63 bits per heavy atom. The number of hydrogen-bond donors (Lipinski definition) is 3. The molecule has 0 spiro atoms. The van der Waals surface area contributed by atoms with Gasteiger partial charge in [-0.3, -0.25) is 0 Å². The Morgan fingerprint density at radius 2 is 1.95 bits per heavy atom. The van der Waals surface area contributed by atoms with Crippen LogP contribution in [-0.4, -0.2) is 59.6 Å². The molecule has 0 aromatic rings. The van der Waals surface area contributed by atoms with Gasteiger partial charge >= 0.3 is 0 Å². The van der Waals surface area contributed by atoms with Crippen molar-refractivity contribution in [3.63, 3.8) is 0 Å². The van der Waals surface area contributed by atoms with E-state index in [1.807, 2.05) is 6.08 Å². The third-order valence-electron chi connectivity index (χ3n) is 3.37. The molecule has 0 aromatic carbocycles. The highest BCUT2D eigenvalue weighted by molar-refractivity contribution is 4.87. The average molecular weight is 274 g/mol. The molecule has 0 saturated carbocycles. The highest BCUT2D eigenvalue weighted by Crippen LogP contribution is 2.19. The molecule has 112 valence electrons. The molecule has 1 aliphatic rings. The summed E-state index contributed by atoms with van der Waals surface area (Å²) in [6.45, 7) is 4.00. The molecule has 1 fully saturated rings. The van der Waals surface area contributed by atoms with Crippen LogP contribution in [0.5, 0.6) is 0 Å². The van der Waals surface area contributed by atoms with Crippen LogP contribution in [-0.2, 0) is 9.47 Å². The van der Waals surface area contributed by atoms with E-state index >= 15 is 0 Å². The van der Waals surface area contributed by atoms with Crippen molar-refractivity contribution in [2.24, 2.45) is 0 Å². The molecule has 0 amide bonds. The fourth-order valence-corrected chi connectivity index (χ4v) is 2.18. The zero-order valence-corrected chi connectivity index (χ0v) is 11.4. The van der Waals surface area contributed by atoms with Crippen LogP contribution in [0.3, 0.4) is 0 Å². The highest BCUT2D eigenvalue weighted by Gasteiger charge is 2.39. The maximum atomic E-state index is 9.83. The van der Waals surface area contributed by atoms with Gasteiger partial charge in [-0.2, -0.15) is 0 Å². The average Bonchev–Trinajstić information content (AvgIpc) is 2.42. The Hall–Kier alpha value is -0.460. The molecule has 0 aliphatic carbocycles. The van der Waals surface area contributed by atoms with E-state index in [2.05, 4.69) is 6.58 Å². The summed E-state index contributed by atoms with van der Waals surface area (Å²) in [6.07, 6.45) is 4.03. The lowest BCUT2D eigenvalue weighted by Gasteiger charge is -2.37. The lowest BCUT2D eigenvalue weighted by Crippen LogP contribution is -2.55. The first-order valence-corrected chi connectivity index (χ1v) is 7.01. The number of ether oxygens (including phenoxy) is 2. The molecule has 1 heterocycles. The van der Waals surface area contributed by atoms with Crippen molar-refractivity contribution in [1.29, 1.82) is 0 Å². The number of unbranched alkanes of at least 4 members (excludes halogenated alkanes) is 4. The van der Waals surface area contributed by atoms with E-state index in [1.54, 1.807) is 0 Å². The summed E-state index contributed by atoms with van der Waals surface area (Å²) in [5, 5.41) is 28.5. The third-order valence-corrected chi connectivity index (χ3v) is 3.37. The summed E-state index contributed by atoms with van der Waals surface area (Å²) in [5.41, 5.74) is 0. The molecule has 5 nitrogen and oxygen atoms in total. The minimum absolute atomic E-state index is 0.0355. The lowest BCUT2D eigenvalue weighted by molar-refractivity contribution is -0.211. The molecule has 0 bridgehead atoms. The van der Waals surface area contributed by atoms with Crippen molar-refractivity contribution in [3.8, 4) is 0 Å². The number of aliphatic hydroxyl groups excluding tert-OH is 3. The highest BCUT2D eigenvalue weighted by atomic mass is 16.6. The van der Waals surface area contributed by atoms with Crippen LogP contribution in [0, 0.1) is 0 Å². The Bertz CT molecular complexity index is 244. The van der Waals surface area contributed by atoms with E-state index in [0.29, 0.717) is 6.61 Å². The minimum atomic E-state index is -0.994. The van der Waals surface area contributed by atoms with E-state index in [0.717, 1.165) is 32.1 Å². The molecule has 19 heavy (non-hydrogen) atoms. The Morgan fingerprint density at radius 1 is 1.21 bits per heavy atom. The van der Waals surface area contributed by atoms with Crippen molar-refractivity contribution < 1.29 is 24.8 Å². The lowest BCUT2D eigenvalue weighted by atomic mass is 10.0. The van der Waals surface area contributed by atoms with Crippen LogP contribution in [0.2, 0.25) is 0 Å². The first-order chi connectivity index (χ1) is 9.20. The summed E-state index contributed by atoms with van der Waals surface area (Å²) >= 11 is 0. The van der Waals surface area contributed by atoms with E-state index in [-0.39, 0.29) is 13.2 Å². The maximum Gasteiger partial charge on any atom is 0.114 e. The zero-order valence-electron chi connectivity index (χ0n) is 11.4. The number of rotatable bonds is 9. The van der Waals surface area contributed by atoms with Gasteiger partial charge < -0.3 is 24.8 Å². The van der Waals surface area contributed by atoms with Crippen molar-refractivity contribution in [2.75, 3.05) is 19.8 Å². The Labute approximate surface area is 114 Å². The van der Waals surface area contributed by atoms with Gasteiger partial charge in [0.05, 0.1) is 13.2 Å². The summed E-state index contributed by atoms with van der Waals surface area (Å²) in [5.74, 6) is 0. The summed E-state index contributed by atoms with van der Waals surface area (Å²) in [4.78, 5) is 0. The molecule has 1 saturated heterocycles. The molecule has 0 unspecified atom stereocenters. The van der Waals surface area contributed by atoms with Crippen LogP contribution < -0.4 is 0 Å². The van der Waals surface area contributed by atoms with Crippen LogP contribution in [0.15, 0.2) is 12.7 Å². The Kier molecular flexibility index (Phi) is 8.25. The number of aliphatic hydroxyl groups is 3. The van der Waals surface area contributed by atoms with Gasteiger partial charge in [-0.15, -0.1) is 6.58 Å². The monoisotopic (exact) mass is 274 g/mol. The molecule has 4 atom stereocenters. The predicted molar refractivity (Wildman–Crippen MR) is 71.9 cm³/mol.